The molecule has 0 aromatic heterocycles. The van der Waals surface area contributed by atoms with Crippen molar-refractivity contribution < 1.29 is 5.21 Å². The molecule has 0 heterocycles. The van der Waals surface area contributed by atoms with Gasteiger partial charge in [0.1, 0.15) is 0 Å². The molecule has 2 aromatic rings. The van der Waals surface area contributed by atoms with Gasteiger partial charge in [0.2, 0.25) is 0 Å². The molecule has 0 fully saturated rings. The Morgan fingerprint density at radius 3 is 2.35 bits per heavy atom. The van der Waals surface area contributed by atoms with Crippen LogP contribution in [0.3, 0.4) is 0 Å². The Morgan fingerprint density at radius 2 is 1.65 bits per heavy atom. The van der Waals surface area contributed by atoms with Gasteiger partial charge in [-0.05, 0) is 25.1 Å². The third-order valence-corrected chi connectivity index (χ3v) is 3.48. The molecule has 0 saturated carbocycles. The number of benzene rings is 2. The van der Waals surface area contributed by atoms with Crippen molar-refractivity contribution in [1.82, 2.24) is 0 Å². The minimum atomic E-state index is 0.629. The summed E-state index contributed by atoms with van der Waals surface area (Å²) in [5, 5.41) is 12.1. The molecule has 0 aliphatic rings. The van der Waals surface area contributed by atoms with Crippen LogP contribution in [0.25, 0.3) is 0 Å². The SMILES string of the molecule is C/C(=N/O)c1ccccc1Sc1ccccc1. The molecule has 0 unspecified atom stereocenters. The summed E-state index contributed by atoms with van der Waals surface area (Å²) in [6.07, 6.45) is 0. The molecule has 0 radical (unpaired) electrons. The zero-order valence-corrected chi connectivity index (χ0v) is 10.3. The maximum atomic E-state index is 8.86. The molecule has 2 rings (SSSR count). The summed E-state index contributed by atoms with van der Waals surface area (Å²) in [5.41, 5.74) is 1.59. The quantitative estimate of drug-likeness (QED) is 0.501. The molecule has 0 aliphatic heterocycles. The van der Waals surface area contributed by atoms with Crippen LogP contribution in [0, 0.1) is 0 Å². The second-order valence-electron chi connectivity index (χ2n) is 3.60. The van der Waals surface area contributed by atoms with Crippen LogP contribution in [-0.2, 0) is 0 Å². The topological polar surface area (TPSA) is 32.6 Å². The fraction of sp³-hybridized carbons (Fsp3) is 0.0714. The van der Waals surface area contributed by atoms with Gasteiger partial charge in [-0.3, -0.25) is 0 Å². The van der Waals surface area contributed by atoms with Crippen LogP contribution in [-0.4, -0.2) is 10.9 Å². The predicted octanol–water partition coefficient (Wildman–Crippen LogP) is 4.04. The van der Waals surface area contributed by atoms with Crippen LogP contribution in [0.4, 0.5) is 0 Å². The molecule has 0 bridgehead atoms. The predicted molar refractivity (Wildman–Crippen MR) is 71.0 cm³/mol. The van der Waals surface area contributed by atoms with E-state index in [0.717, 1.165) is 10.5 Å². The van der Waals surface area contributed by atoms with Gasteiger partial charge >= 0.3 is 0 Å². The number of hydrogen-bond acceptors (Lipinski definition) is 3. The highest BCUT2D eigenvalue weighted by molar-refractivity contribution is 7.99. The summed E-state index contributed by atoms with van der Waals surface area (Å²) in [6.45, 7) is 1.80. The number of hydrogen-bond donors (Lipinski definition) is 1. The molecule has 0 aliphatic carbocycles. The molecule has 2 nitrogen and oxygen atoms in total. The molecule has 17 heavy (non-hydrogen) atoms. The van der Waals surface area contributed by atoms with E-state index in [4.69, 9.17) is 5.21 Å². The number of nitrogens with zero attached hydrogens (tertiary/aromatic N) is 1. The Hall–Kier alpha value is -1.74. The Kier molecular flexibility index (Phi) is 3.83. The average Bonchev–Trinajstić information content (AvgIpc) is 2.40. The Morgan fingerprint density at radius 1 is 1.00 bits per heavy atom. The lowest BCUT2D eigenvalue weighted by molar-refractivity contribution is 0.319. The van der Waals surface area contributed by atoms with Crippen LogP contribution >= 0.6 is 11.8 Å². The van der Waals surface area contributed by atoms with E-state index in [1.54, 1.807) is 18.7 Å². The highest BCUT2D eigenvalue weighted by Gasteiger charge is 2.06. The standard InChI is InChI=1S/C14H13NOS/c1-11(15-16)13-9-5-6-10-14(13)17-12-7-3-2-4-8-12/h2-10,16H,1H3/b15-11-. The van der Waals surface area contributed by atoms with Crippen LogP contribution < -0.4 is 0 Å². The zero-order valence-electron chi connectivity index (χ0n) is 9.50. The van der Waals surface area contributed by atoms with Crippen molar-refractivity contribution in [1.29, 1.82) is 0 Å². The third kappa shape index (κ3) is 2.88. The summed E-state index contributed by atoms with van der Waals surface area (Å²) in [7, 11) is 0. The molecule has 3 heteroatoms. The summed E-state index contributed by atoms with van der Waals surface area (Å²) in [4.78, 5) is 2.26. The highest BCUT2D eigenvalue weighted by atomic mass is 32.2. The van der Waals surface area contributed by atoms with Crippen LogP contribution in [0.1, 0.15) is 12.5 Å². The van der Waals surface area contributed by atoms with E-state index >= 15 is 0 Å². The van der Waals surface area contributed by atoms with E-state index in [9.17, 15) is 0 Å². The van der Waals surface area contributed by atoms with E-state index in [1.807, 2.05) is 42.5 Å². The van der Waals surface area contributed by atoms with Crippen LogP contribution in [0.15, 0.2) is 69.5 Å². The fourth-order valence-corrected chi connectivity index (χ4v) is 2.54. The second-order valence-corrected chi connectivity index (χ2v) is 4.71. The van der Waals surface area contributed by atoms with E-state index in [2.05, 4.69) is 17.3 Å². The molecule has 86 valence electrons. The van der Waals surface area contributed by atoms with Crippen molar-refractivity contribution in [3.05, 3.63) is 60.2 Å². The zero-order chi connectivity index (χ0) is 12.1. The normalized spacial score (nSPS) is 11.5. The van der Waals surface area contributed by atoms with Gasteiger partial charge in [-0.2, -0.15) is 0 Å². The summed E-state index contributed by atoms with van der Waals surface area (Å²) < 4.78 is 0. The van der Waals surface area contributed by atoms with Crippen LogP contribution in [0.2, 0.25) is 0 Å². The molecule has 1 N–H and O–H groups in total. The number of rotatable bonds is 3. The van der Waals surface area contributed by atoms with Gasteiger partial charge in [-0.25, -0.2) is 0 Å². The lowest BCUT2D eigenvalue weighted by atomic mass is 10.1. The van der Waals surface area contributed by atoms with Crippen molar-refractivity contribution in [3.8, 4) is 0 Å². The molecule has 0 atom stereocenters. The van der Waals surface area contributed by atoms with Gasteiger partial charge in [0.15, 0.2) is 0 Å². The van der Waals surface area contributed by atoms with E-state index < -0.39 is 0 Å². The van der Waals surface area contributed by atoms with Crippen molar-refractivity contribution in [3.63, 3.8) is 0 Å². The van der Waals surface area contributed by atoms with Gasteiger partial charge in [-0.15, -0.1) is 0 Å². The molecular formula is C14H13NOS. The third-order valence-electron chi connectivity index (χ3n) is 2.40. The molecule has 0 amide bonds. The first-order valence-corrected chi connectivity index (χ1v) is 6.14. The average molecular weight is 243 g/mol. The maximum Gasteiger partial charge on any atom is 0.0848 e. The lowest BCUT2D eigenvalue weighted by Gasteiger charge is -2.07. The Labute approximate surface area is 105 Å². The second kappa shape index (κ2) is 5.55. The highest BCUT2D eigenvalue weighted by Crippen LogP contribution is 2.30. The van der Waals surface area contributed by atoms with Gasteiger partial charge < -0.3 is 5.21 Å². The van der Waals surface area contributed by atoms with Crippen molar-refractivity contribution in [2.45, 2.75) is 16.7 Å². The first-order chi connectivity index (χ1) is 8.31. The Balaban J connectivity index is 2.33. The maximum absolute atomic E-state index is 8.86. The first kappa shape index (κ1) is 11.7. The smallest absolute Gasteiger partial charge is 0.0848 e. The fourth-order valence-electron chi connectivity index (χ4n) is 1.52. The van der Waals surface area contributed by atoms with Gasteiger partial charge in [0, 0.05) is 15.4 Å². The largest absolute Gasteiger partial charge is 0.411 e. The summed E-state index contributed by atoms with van der Waals surface area (Å²) in [5.74, 6) is 0. The van der Waals surface area contributed by atoms with Crippen molar-refractivity contribution >= 4 is 17.5 Å². The first-order valence-electron chi connectivity index (χ1n) is 5.32. The van der Waals surface area contributed by atoms with Gasteiger partial charge in [0.25, 0.3) is 0 Å². The summed E-state index contributed by atoms with van der Waals surface area (Å²) >= 11 is 1.67. The van der Waals surface area contributed by atoms with Crippen molar-refractivity contribution in [2.75, 3.05) is 0 Å². The van der Waals surface area contributed by atoms with E-state index in [-0.39, 0.29) is 0 Å². The minimum Gasteiger partial charge on any atom is -0.411 e. The van der Waals surface area contributed by atoms with Gasteiger partial charge in [-0.1, -0.05) is 53.3 Å². The van der Waals surface area contributed by atoms with Crippen molar-refractivity contribution in [2.24, 2.45) is 5.16 Å². The summed E-state index contributed by atoms with van der Waals surface area (Å²) in [6, 6.07) is 18.1. The van der Waals surface area contributed by atoms with Crippen LogP contribution in [0.5, 0.6) is 0 Å². The lowest BCUT2D eigenvalue weighted by Crippen LogP contribution is -1.96. The molecular weight excluding hydrogens is 230 g/mol. The molecule has 0 spiro atoms. The Bertz CT molecular complexity index is 523. The monoisotopic (exact) mass is 243 g/mol. The molecule has 2 aromatic carbocycles. The minimum absolute atomic E-state index is 0.629. The number of oxime groups is 1. The van der Waals surface area contributed by atoms with E-state index in [1.165, 1.54) is 4.90 Å². The molecule has 0 saturated heterocycles. The van der Waals surface area contributed by atoms with E-state index in [0.29, 0.717) is 5.71 Å². The van der Waals surface area contributed by atoms with Gasteiger partial charge in [0.05, 0.1) is 5.71 Å².